The van der Waals surface area contributed by atoms with Gasteiger partial charge in [0.25, 0.3) is 10.0 Å². The van der Waals surface area contributed by atoms with Gasteiger partial charge in [-0.15, -0.1) is 0 Å². The van der Waals surface area contributed by atoms with Crippen LogP contribution in [0.4, 0.5) is 17.1 Å². The summed E-state index contributed by atoms with van der Waals surface area (Å²) in [6, 6.07) is 21.7. The van der Waals surface area contributed by atoms with Gasteiger partial charge in [0, 0.05) is 17.1 Å². The van der Waals surface area contributed by atoms with Gasteiger partial charge in [-0.25, -0.2) is 8.42 Å². The Morgan fingerprint density at radius 1 is 0.815 bits per heavy atom. The first-order valence-electron chi connectivity index (χ1n) is 8.66. The van der Waals surface area contributed by atoms with Crippen molar-refractivity contribution in [3.8, 4) is 5.75 Å². The molecule has 0 bridgehead atoms. The van der Waals surface area contributed by atoms with Gasteiger partial charge >= 0.3 is 0 Å². The lowest BCUT2D eigenvalue weighted by atomic mass is 10.2. The number of benzene rings is 3. The molecular formula is C21H22N2O3S. The molecule has 27 heavy (non-hydrogen) atoms. The number of hydrogen-bond acceptors (Lipinski definition) is 4. The zero-order chi connectivity index (χ0) is 19.3. The van der Waals surface area contributed by atoms with Crippen molar-refractivity contribution in [3.05, 3.63) is 78.4 Å². The molecule has 0 unspecified atom stereocenters. The molecular weight excluding hydrogens is 360 g/mol. The second-order valence-electron chi connectivity index (χ2n) is 6.03. The van der Waals surface area contributed by atoms with E-state index in [4.69, 9.17) is 4.74 Å². The number of nitrogens with one attached hydrogen (secondary N) is 2. The summed E-state index contributed by atoms with van der Waals surface area (Å²) in [5.41, 5.74) is 3.00. The van der Waals surface area contributed by atoms with Crippen molar-refractivity contribution in [1.82, 2.24) is 0 Å². The molecule has 5 nitrogen and oxygen atoms in total. The molecule has 0 saturated heterocycles. The fourth-order valence-corrected chi connectivity index (χ4v) is 3.96. The molecule has 0 radical (unpaired) electrons. The summed E-state index contributed by atoms with van der Waals surface area (Å²) >= 11 is 0. The van der Waals surface area contributed by atoms with Crippen LogP contribution in [-0.2, 0) is 10.0 Å². The van der Waals surface area contributed by atoms with Crippen LogP contribution < -0.4 is 14.8 Å². The zero-order valence-electron chi connectivity index (χ0n) is 15.3. The molecule has 0 heterocycles. The van der Waals surface area contributed by atoms with Crippen LogP contribution in [0.5, 0.6) is 5.75 Å². The van der Waals surface area contributed by atoms with Crippen molar-refractivity contribution in [2.45, 2.75) is 18.7 Å². The maximum absolute atomic E-state index is 12.5. The van der Waals surface area contributed by atoms with E-state index in [0.717, 1.165) is 17.1 Å². The van der Waals surface area contributed by atoms with Crippen molar-refractivity contribution in [2.75, 3.05) is 16.6 Å². The Hall–Kier alpha value is -2.99. The first-order valence-corrected chi connectivity index (χ1v) is 10.1. The van der Waals surface area contributed by atoms with Crippen molar-refractivity contribution in [2.24, 2.45) is 0 Å². The average Bonchev–Trinajstić information content (AvgIpc) is 2.65. The molecule has 0 fully saturated rings. The lowest BCUT2D eigenvalue weighted by Crippen LogP contribution is -2.14. The van der Waals surface area contributed by atoms with Gasteiger partial charge in [-0.1, -0.05) is 18.2 Å². The van der Waals surface area contributed by atoms with Crippen LogP contribution in [-0.4, -0.2) is 15.0 Å². The SMILES string of the molecule is CCOc1ccc(Nc2ccc(NS(=O)(=O)c3ccccc3C)cc2)cc1. The van der Waals surface area contributed by atoms with Crippen LogP contribution in [0.25, 0.3) is 0 Å². The molecule has 0 aliphatic heterocycles. The topological polar surface area (TPSA) is 67.4 Å². The summed E-state index contributed by atoms with van der Waals surface area (Å²) in [6.45, 7) is 4.35. The second-order valence-corrected chi connectivity index (χ2v) is 7.68. The van der Waals surface area contributed by atoms with Gasteiger partial charge < -0.3 is 10.1 Å². The molecule has 0 aromatic heterocycles. The first kappa shape index (κ1) is 18.8. The normalized spacial score (nSPS) is 11.0. The Labute approximate surface area is 160 Å². The van der Waals surface area contributed by atoms with E-state index in [1.54, 1.807) is 37.3 Å². The van der Waals surface area contributed by atoms with E-state index in [2.05, 4.69) is 10.0 Å². The lowest BCUT2D eigenvalue weighted by Gasteiger charge is -2.12. The molecule has 3 aromatic rings. The highest BCUT2D eigenvalue weighted by Gasteiger charge is 2.16. The van der Waals surface area contributed by atoms with Gasteiger partial charge in [-0.3, -0.25) is 4.72 Å². The number of aryl methyl sites for hydroxylation is 1. The predicted molar refractivity (Wildman–Crippen MR) is 109 cm³/mol. The molecule has 0 saturated carbocycles. The maximum Gasteiger partial charge on any atom is 0.262 e. The quantitative estimate of drug-likeness (QED) is 0.607. The molecule has 0 aliphatic carbocycles. The molecule has 3 aromatic carbocycles. The van der Waals surface area contributed by atoms with E-state index >= 15 is 0 Å². The molecule has 2 N–H and O–H groups in total. The van der Waals surface area contributed by atoms with Gasteiger partial charge in [0.15, 0.2) is 0 Å². The monoisotopic (exact) mass is 382 g/mol. The number of sulfonamides is 1. The van der Waals surface area contributed by atoms with Crippen LogP contribution in [0.1, 0.15) is 12.5 Å². The molecule has 0 spiro atoms. The van der Waals surface area contributed by atoms with Gasteiger partial charge in [0.2, 0.25) is 0 Å². The second kappa shape index (κ2) is 8.14. The smallest absolute Gasteiger partial charge is 0.262 e. The molecule has 6 heteroatoms. The highest BCUT2D eigenvalue weighted by atomic mass is 32.2. The fraction of sp³-hybridized carbons (Fsp3) is 0.143. The number of anilines is 3. The molecule has 3 rings (SSSR count). The lowest BCUT2D eigenvalue weighted by molar-refractivity contribution is 0.340. The van der Waals surface area contributed by atoms with E-state index in [0.29, 0.717) is 17.9 Å². The maximum atomic E-state index is 12.5. The van der Waals surface area contributed by atoms with E-state index in [1.165, 1.54) is 0 Å². The third-order valence-electron chi connectivity index (χ3n) is 3.97. The summed E-state index contributed by atoms with van der Waals surface area (Å²) < 4.78 is 33.1. The van der Waals surface area contributed by atoms with Crippen molar-refractivity contribution >= 4 is 27.1 Å². The minimum Gasteiger partial charge on any atom is -0.494 e. The predicted octanol–water partition coefficient (Wildman–Crippen LogP) is 4.94. The van der Waals surface area contributed by atoms with Crippen molar-refractivity contribution < 1.29 is 13.2 Å². The van der Waals surface area contributed by atoms with Crippen molar-refractivity contribution in [1.29, 1.82) is 0 Å². The Balaban J connectivity index is 1.69. The first-order chi connectivity index (χ1) is 13.0. The Morgan fingerprint density at radius 3 is 1.96 bits per heavy atom. The summed E-state index contributed by atoms with van der Waals surface area (Å²) in [7, 11) is -3.61. The Morgan fingerprint density at radius 2 is 1.37 bits per heavy atom. The number of rotatable bonds is 7. The van der Waals surface area contributed by atoms with Crippen LogP contribution >= 0.6 is 0 Å². The number of ether oxygens (including phenoxy) is 1. The highest BCUT2D eigenvalue weighted by molar-refractivity contribution is 7.92. The van der Waals surface area contributed by atoms with Crippen molar-refractivity contribution in [3.63, 3.8) is 0 Å². The van der Waals surface area contributed by atoms with Gasteiger partial charge in [0.05, 0.1) is 11.5 Å². The zero-order valence-corrected chi connectivity index (χ0v) is 16.1. The van der Waals surface area contributed by atoms with E-state index in [-0.39, 0.29) is 4.90 Å². The summed E-state index contributed by atoms with van der Waals surface area (Å²) in [5.74, 6) is 0.823. The van der Waals surface area contributed by atoms with Crippen LogP contribution in [0.2, 0.25) is 0 Å². The summed E-state index contributed by atoms with van der Waals surface area (Å²) in [5, 5.41) is 3.27. The van der Waals surface area contributed by atoms with E-state index in [1.807, 2.05) is 49.4 Å². The van der Waals surface area contributed by atoms with Crippen LogP contribution in [0.3, 0.4) is 0 Å². The molecule has 0 atom stereocenters. The highest BCUT2D eigenvalue weighted by Crippen LogP contribution is 2.23. The molecule has 0 amide bonds. The van der Waals surface area contributed by atoms with E-state index < -0.39 is 10.0 Å². The Bertz CT molecular complexity index is 998. The van der Waals surface area contributed by atoms with Crippen LogP contribution in [0.15, 0.2) is 77.7 Å². The third kappa shape index (κ3) is 4.80. The minimum absolute atomic E-state index is 0.279. The summed E-state index contributed by atoms with van der Waals surface area (Å²) in [6.07, 6.45) is 0. The standard InChI is InChI=1S/C21H22N2O3S/c1-3-26-20-14-12-18(13-15-20)22-17-8-10-19(11-9-17)23-27(24,25)21-7-5-4-6-16(21)2/h4-15,22-23H,3H2,1-2H3. The van der Waals surface area contributed by atoms with Gasteiger partial charge in [0.1, 0.15) is 5.75 Å². The van der Waals surface area contributed by atoms with Crippen LogP contribution in [0, 0.1) is 6.92 Å². The van der Waals surface area contributed by atoms with E-state index in [9.17, 15) is 8.42 Å². The minimum atomic E-state index is -3.61. The summed E-state index contributed by atoms with van der Waals surface area (Å²) in [4.78, 5) is 0.279. The van der Waals surface area contributed by atoms with Gasteiger partial charge in [-0.2, -0.15) is 0 Å². The Kier molecular flexibility index (Phi) is 5.66. The fourth-order valence-electron chi connectivity index (χ4n) is 2.66. The average molecular weight is 382 g/mol. The molecule has 140 valence electrons. The largest absolute Gasteiger partial charge is 0.494 e. The molecule has 0 aliphatic rings. The third-order valence-corrected chi connectivity index (χ3v) is 5.52. The van der Waals surface area contributed by atoms with Gasteiger partial charge in [-0.05, 0) is 74.0 Å². The number of hydrogen-bond donors (Lipinski definition) is 2.